The maximum absolute atomic E-state index is 6.05. The fourth-order valence-corrected chi connectivity index (χ4v) is 1.71. The van der Waals surface area contributed by atoms with Gasteiger partial charge >= 0.3 is 0 Å². The number of aryl methyl sites for hydroxylation is 1. The van der Waals surface area contributed by atoms with Gasteiger partial charge < -0.3 is 10.2 Å². The molecule has 74 valence electrons. The number of hydrogen-bond acceptors (Lipinski definition) is 3. The summed E-state index contributed by atoms with van der Waals surface area (Å²) >= 11 is 6.05. The Morgan fingerprint density at radius 3 is 3.00 bits per heavy atom. The number of halogens is 1. The molecule has 0 radical (unpaired) electrons. The Labute approximate surface area is 86.9 Å². The van der Waals surface area contributed by atoms with E-state index in [0.717, 1.165) is 23.1 Å². The van der Waals surface area contributed by atoms with E-state index in [9.17, 15) is 0 Å². The van der Waals surface area contributed by atoms with Crippen molar-refractivity contribution >= 4 is 22.7 Å². The number of rotatable bonds is 2. The average Bonchev–Trinajstić information content (AvgIpc) is 2.45. The topological polar surface area (TPSA) is 52.0 Å². The SMILES string of the molecule is Cc1nc2cc(Cl)c(CCN)cc2o1. The van der Waals surface area contributed by atoms with Gasteiger partial charge in [0.25, 0.3) is 0 Å². The molecule has 0 saturated heterocycles. The summed E-state index contributed by atoms with van der Waals surface area (Å²) in [6.07, 6.45) is 0.758. The molecule has 4 heteroatoms. The van der Waals surface area contributed by atoms with Crippen molar-refractivity contribution in [1.29, 1.82) is 0 Å². The highest BCUT2D eigenvalue weighted by Gasteiger charge is 2.07. The van der Waals surface area contributed by atoms with Crippen molar-refractivity contribution in [3.63, 3.8) is 0 Å². The molecule has 0 aliphatic carbocycles. The molecule has 0 aliphatic rings. The fourth-order valence-electron chi connectivity index (χ4n) is 1.45. The molecule has 2 rings (SSSR count). The van der Waals surface area contributed by atoms with Crippen molar-refractivity contribution in [1.82, 2.24) is 4.98 Å². The Morgan fingerprint density at radius 2 is 2.29 bits per heavy atom. The Bertz CT molecular complexity index is 464. The Hall–Kier alpha value is -1.06. The van der Waals surface area contributed by atoms with Crippen molar-refractivity contribution in [3.05, 3.63) is 28.6 Å². The second-order valence-electron chi connectivity index (χ2n) is 3.18. The van der Waals surface area contributed by atoms with Crippen molar-refractivity contribution in [3.8, 4) is 0 Å². The summed E-state index contributed by atoms with van der Waals surface area (Å²) in [6, 6.07) is 3.73. The second-order valence-corrected chi connectivity index (χ2v) is 3.59. The van der Waals surface area contributed by atoms with Crippen molar-refractivity contribution < 1.29 is 4.42 Å². The molecule has 0 unspecified atom stereocenters. The molecule has 0 amide bonds. The third-order valence-corrected chi connectivity index (χ3v) is 2.43. The molecule has 0 aliphatic heterocycles. The van der Waals surface area contributed by atoms with E-state index in [1.165, 1.54) is 0 Å². The van der Waals surface area contributed by atoms with E-state index in [4.69, 9.17) is 21.8 Å². The van der Waals surface area contributed by atoms with Crippen LogP contribution in [-0.4, -0.2) is 11.5 Å². The van der Waals surface area contributed by atoms with Crippen molar-refractivity contribution in [2.24, 2.45) is 5.73 Å². The van der Waals surface area contributed by atoms with E-state index in [1.54, 1.807) is 0 Å². The van der Waals surface area contributed by atoms with E-state index in [0.29, 0.717) is 17.5 Å². The highest BCUT2D eigenvalue weighted by molar-refractivity contribution is 6.32. The molecule has 0 atom stereocenters. The number of oxazole rings is 1. The number of nitrogens with zero attached hydrogens (tertiary/aromatic N) is 1. The average molecular weight is 211 g/mol. The van der Waals surface area contributed by atoms with Gasteiger partial charge in [0.15, 0.2) is 11.5 Å². The first-order chi connectivity index (χ1) is 6.70. The highest BCUT2D eigenvalue weighted by atomic mass is 35.5. The molecule has 1 heterocycles. The van der Waals surface area contributed by atoms with Crippen molar-refractivity contribution in [2.45, 2.75) is 13.3 Å². The van der Waals surface area contributed by atoms with E-state index in [2.05, 4.69) is 4.98 Å². The zero-order valence-electron chi connectivity index (χ0n) is 7.88. The summed E-state index contributed by atoms with van der Waals surface area (Å²) in [5.41, 5.74) is 8.06. The summed E-state index contributed by atoms with van der Waals surface area (Å²) in [6.45, 7) is 2.40. The second kappa shape index (κ2) is 3.59. The van der Waals surface area contributed by atoms with Crippen LogP contribution in [0.1, 0.15) is 11.5 Å². The number of nitrogens with two attached hydrogens (primary N) is 1. The van der Waals surface area contributed by atoms with E-state index < -0.39 is 0 Å². The van der Waals surface area contributed by atoms with Gasteiger partial charge in [-0.2, -0.15) is 0 Å². The van der Waals surface area contributed by atoms with Gasteiger partial charge in [-0.05, 0) is 30.7 Å². The molecule has 0 bridgehead atoms. The molecule has 2 aromatic rings. The minimum atomic E-state index is 0.582. The number of fused-ring (bicyclic) bond motifs is 1. The Morgan fingerprint density at radius 1 is 1.50 bits per heavy atom. The molecule has 3 nitrogen and oxygen atoms in total. The number of hydrogen-bond donors (Lipinski definition) is 1. The van der Waals surface area contributed by atoms with E-state index in [1.807, 2.05) is 19.1 Å². The van der Waals surface area contributed by atoms with Crippen LogP contribution in [0.2, 0.25) is 5.02 Å². The van der Waals surface area contributed by atoms with Gasteiger partial charge in [0.05, 0.1) is 0 Å². The lowest BCUT2D eigenvalue weighted by atomic mass is 10.1. The molecule has 1 aromatic carbocycles. The summed E-state index contributed by atoms with van der Waals surface area (Å²) in [5, 5.41) is 0.705. The quantitative estimate of drug-likeness (QED) is 0.828. The Balaban J connectivity index is 2.58. The van der Waals surface area contributed by atoms with Gasteiger partial charge in [0, 0.05) is 11.9 Å². The van der Waals surface area contributed by atoms with E-state index >= 15 is 0 Å². The molecular weight excluding hydrogens is 200 g/mol. The largest absolute Gasteiger partial charge is 0.441 e. The molecule has 2 N–H and O–H groups in total. The summed E-state index contributed by atoms with van der Waals surface area (Å²) in [4.78, 5) is 4.19. The molecule has 0 spiro atoms. The van der Waals surface area contributed by atoms with Gasteiger partial charge in [0.2, 0.25) is 0 Å². The first-order valence-corrected chi connectivity index (χ1v) is 4.84. The third-order valence-electron chi connectivity index (χ3n) is 2.08. The first kappa shape index (κ1) is 9.49. The van der Waals surface area contributed by atoms with Crippen LogP contribution < -0.4 is 5.73 Å². The lowest BCUT2D eigenvalue weighted by molar-refractivity contribution is 0.560. The van der Waals surface area contributed by atoms with Crippen LogP contribution in [-0.2, 0) is 6.42 Å². The van der Waals surface area contributed by atoms with E-state index in [-0.39, 0.29) is 0 Å². The Kier molecular flexibility index (Phi) is 2.44. The normalized spacial score (nSPS) is 11.1. The predicted octanol–water partition coefficient (Wildman–Crippen LogP) is 2.29. The maximum atomic E-state index is 6.05. The first-order valence-electron chi connectivity index (χ1n) is 4.46. The van der Waals surface area contributed by atoms with Crippen LogP contribution in [0.4, 0.5) is 0 Å². The van der Waals surface area contributed by atoms with Crippen molar-refractivity contribution in [2.75, 3.05) is 6.54 Å². The number of aromatic nitrogens is 1. The summed E-state index contributed by atoms with van der Waals surface area (Å²) in [7, 11) is 0. The third kappa shape index (κ3) is 1.61. The van der Waals surface area contributed by atoms with Crippen LogP contribution in [0, 0.1) is 6.92 Å². The van der Waals surface area contributed by atoms with Crippen LogP contribution in [0.3, 0.4) is 0 Å². The van der Waals surface area contributed by atoms with Crippen LogP contribution >= 0.6 is 11.6 Å². The lowest BCUT2D eigenvalue weighted by Gasteiger charge is -2.00. The predicted molar refractivity (Wildman–Crippen MR) is 56.5 cm³/mol. The highest BCUT2D eigenvalue weighted by Crippen LogP contribution is 2.24. The number of benzene rings is 1. The molecule has 14 heavy (non-hydrogen) atoms. The zero-order chi connectivity index (χ0) is 10.1. The van der Waals surface area contributed by atoms with Gasteiger partial charge in [-0.15, -0.1) is 0 Å². The molecule has 1 aromatic heterocycles. The van der Waals surface area contributed by atoms with Crippen LogP contribution in [0.15, 0.2) is 16.5 Å². The molecule has 0 fully saturated rings. The fraction of sp³-hybridized carbons (Fsp3) is 0.300. The van der Waals surface area contributed by atoms with Gasteiger partial charge in [-0.25, -0.2) is 4.98 Å². The zero-order valence-corrected chi connectivity index (χ0v) is 8.64. The minimum Gasteiger partial charge on any atom is -0.441 e. The monoisotopic (exact) mass is 210 g/mol. The van der Waals surface area contributed by atoms with Crippen LogP contribution in [0.25, 0.3) is 11.1 Å². The van der Waals surface area contributed by atoms with Gasteiger partial charge in [0.1, 0.15) is 5.52 Å². The summed E-state index contributed by atoms with van der Waals surface area (Å²) in [5.74, 6) is 0.654. The maximum Gasteiger partial charge on any atom is 0.192 e. The van der Waals surface area contributed by atoms with Crippen LogP contribution in [0.5, 0.6) is 0 Å². The standard InChI is InChI=1S/C10H11ClN2O/c1-6-13-9-5-8(11)7(2-3-12)4-10(9)14-6/h4-5H,2-3,12H2,1H3. The smallest absolute Gasteiger partial charge is 0.192 e. The molecule has 0 saturated carbocycles. The lowest BCUT2D eigenvalue weighted by Crippen LogP contribution is -2.02. The molecular formula is C10H11ClN2O. The van der Waals surface area contributed by atoms with Gasteiger partial charge in [-0.3, -0.25) is 0 Å². The van der Waals surface area contributed by atoms with Gasteiger partial charge in [-0.1, -0.05) is 11.6 Å². The summed E-state index contributed by atoms with van der Waals surface area (Å²) < 4.78 is 5.40. The minimum absolute atomic E-state index is 0.582.